The van der Waals surface area contributed by atoms with Crippen LogP contribution in [0.2, 0.25) is 0 Å². The highest BCUT2D eigenvalue weighted by Gasteiger charge is 2.31. The second kappa shape index (κ2) is 4.63. The molecule has 18 heavy (non-hydrogen) atoms. The van der Waals surface area contributed by atoms with Gasteiger partial charge in [0.05, 0.1) is 11.6 Å². The zero-order chi connectivity index (χ0) is 12.5. The van der Waals surface area contributed by atoms with E-state index in [1.54, 1.807) is 6.26 Å². The summed E-state index contributed by atoms with van der Waals surface area (Å²) in [5.74, 6) is 2.54. The summed E-state index contributed by atoms with van der Waals surface area (Å²) in [5.41, 5.74) is 0.908. The van der Waals surface area contributed by atoms with Crippen LogP contribution in [0.5, 0.6) is 0 Å². The van der Waals surface area contributed by atoms with Gasteiger partial charge in [-0.15, -0.1) is 0 Å². The molecule has 0 aromatic carbocycles. The van der Waals surface area contributed by atoms with E-state index in [0.29, 0.717) is 6.04 Å². The van der Waals surface area contributed by atoms with Crippen molar-refractivity contribution in [3.63, 3.8) is 0 Å². The molecule has 3 rings (SSSR count). The standard InChI is InChI=1S/C15H20N2O/c1-3-11-4-5-13(10(11)2)17-15-12-7-9-18-14(12)6-8-16-15/h6-11,13H,3-5H2,1-2H3,(H,16,17). The number of furan rings is 1. The monoisotopic (exact) mass is 244 g/mol. The second-order valence-corrected chi connectivity index (χ2v) is 5.35. The van der Waals surface area contributed by atoms with E-state index in [2.05, 4.69) is 24.1 Å². The van der Waals surface area contributed by atoms with Crippen molar-refractivity contribution in [3.8, 4) is 0 Å². The molecular formula is C15H20N2O. The molecular weight excluding hydrogens is 224 g/mol. The summed E-state index contributed by atoms with van der Waals surface area (Å²) in [5, 5.41) is 4.70. The topological polar surface area (TPSA) is 38.1 Å². The fraction of sp³-hybridized carbons (Fsp3) is 0.533. The Morgan fingerprint density at radius 2 is 2.28 bits per heavy atom. The first-order chi connectivity index (χ1) is 8.79. The van der Waals surface area contributed by atoms with E-state index >= 15 is 0 Å². The number of fused-ring (bicyclic) bond motifs is 1. The molecule has 0 saturated heterocycles. The number of nitrogens with zero attached hydrogens (tertiary/aromatic N) is 1. The quantitative estimate of drug-likeness (QED) is 0.884. The number of rotatable bonds is 3. The summed E-state index contributed by atoms with van der Waals surface area (Å²) >= 11 is 0. The smallest absolute Gasteiger partial charge is 0.139 e. The zero-order valence-electron chi connectivity index (χ0n) is 11.0. The van der Waals surface area contributed by atoms with Crippen molar-refractivity contribution in [3.05, 3.63) is 24.6 Å². The summed E-state index contributed by atoms with van der Waals surface area (Å²) in [6, 6.07) is 4.44. The van der Waals surface area contributed by atoms with Crippen LogP contribution in [0.1, 0.15) is 33.1 Å². The lowest BCUT2D eigenvalue weighted by Gasteiger charge is -2.21. The van der Waals surface area contributed by atoms with Crippen LogP contribution >= 0.6 is 0 Å². The molecule has 3 heteroatoms. The van der Waals surface area contributed by atoms with Crippen LogP contribution in [0.3, 0.4) is 0 Å². The minimum Gasteiger partial charge on any atom is -0.464 e. The van der Waals surface area contributed by atoms with Crippen molar-refractivity contribution in [2.75, 3.05) is 5.32 Å². The van der Waals surface area contributed by atoms with Crippen LogP contribution in [0.15, 0.2) is 29.0 Å². The molecule has 3 unspecified atom stereocenters. The largest absolute Gasteiger partial charge is 0.464 e. The fourth-order valence-corrected chi connectivity index (χ4v) is 3.21. The van der Waals surface area contributed by atoms with E-state index in [4.69, 9.17) is 4.42 Å². The molecule has 1 N–H and O–H groups in total. The van der Waals surface area contributed by atoms with Crippen LogP contribution in [-0.2, 0) is 0 Å². The summed E-state index contributed by atoms with van der Waals surface area (Å²) in [6.07, 6.45) is 7.39. The highest BCUT2D eigenvalue weighted by atomic mass is 16.3. The molecule has 2 heterocycles. The minimum atomic E-state index is 0.544. The Labute approximate surface area is 108 Å². The number of aromatic nitrogens is 1. The number of hydrogen-bond acceptors (Lipinski definition) is 3. The Morgan fingerprint density at radius 1 is 1.39 bits per heavy atom. The van der Waals surface area contributed by atoms with Gasteiger partial charge in [0.25, 0.3) is 0 Å². The molecule has 0 aliphatic heterocycles. The first-order valence-electron chi connectivity index (χ1n) is 6.88. The summed E-state index contributed by atoms with van der Waals surface area (Å²) in [6.45, 7) is 4.65. The Bertz CT molecular complexity index is 534. The summed E-state index contributed by atoms with van der Waals surface area (Å²) in [7, 11) is 0. The first kappa shape index (κ1) is 11.6. The first-order valence-corrected chi connectivity index (χ1v) is 6.88. The van der Waals surface area contributed by atoms with Crippen molar-refractivity contribution in [1.82, 2.24) is 4.98 Å². The number of anilines is 1. The SMILES string of the molecule is CCC1CCC(Nc2nccc3occc23)C1C. The van der Waals surface area contributed by atoms with Gasteiger partial charge in [0, 0.05) is 12.2 Å². The molecule has 1 saturated carbocycles. The van der Waals surface area contributed by atoms with Crippen LogP contribution in [-0.4, -0.2) is 11.0 Å². The Morgan fingerprint density at radius 3 is 3.06 bits per heavy atom. The molecule has 0 amide bonds. The van der Waals surface area contributed by atoms with E-state index in [0.717, 1.165) is 28.6 Å². The molecule has 96 valence electrons. The molecule has 1 fully saturated rings. The Balaban J connectivity index is 1.83. The minimum absolute atomic E-state index is 0.544. The van der Waals surface area contributed by atoms with E-state index in [-0.39, 0.29) is 0 Å². The predicted molar refractivity (Wildman–Crippen MR) is 73.6 cm³/mol. The van der Waals surface area contributed by atoms with E-state index in [1.807, 2.05) is 18.3 Å². The third kappa shape index (κ3) is 1.88. The number of nitrogens with one attached hydrogen (secondary N) is 1. The highest BCUT2D eigenvalue weighted by Crippen LogP contribution is 2.36. The van der Waals surface area contributed by atoms with E-state index < -0.39 is 0 Å². The molecule has 3 nitrogen and oxygen atoms in total. The van der Waals surface area contributed by atoms with Crippen molar-refractivity contribution >= 4 is 16.8 Å². The van der Waals surface area contributed by atoms with E-state index in [9.17, 15) is 0 Å². The maximum Gasteiger partial charge on any atom is 0.139 e. The summed E-state index contributed by atoms with van der Waals surface area (Å²) in [4.78, 5) is 4.46. The zero-order valence-corrected chi connectivity index (χ0v) is 11.0. The highest BCUT2D eigenvalue weighted by molar-refractivity contribution is 5.87. The van der Waals surface area contributed by atoms with Gasteiger partial charge in [0.15, 0.2) is 0 Å². The number of pyridine rings is 1. The van der Waals surface area contributed by atoms with Crippen LogP contribution in [0, 0.1) is 11.8 Å². The molecule has 1 aliphatic carbocycles. The maximum absolute atomic E-state index is 5.41. The molecule has 3 atom stereocenters. The van der Waals surface area contributed by atoms with Gasteiger partial charge in [-0.3, -0.25) is 0 Å². The lowest BCUT2D eigenvalue weighted by atomic mass is 9.93. The molecule has 2 aromatic heterocycles. The lowest BCUT2D eigenvalue weighted by Crippen LogP contribution is -2.25. The van der Waals surface area contributed by atoms with Gasteiger partial charge in [-0.05, 0) is 36.8 Å². The van der Waals surface area contributed by atoms with Crippen LogP contribution in [0.25, 0.3) is 11.0 Å². The van der Waals surface area contributed by atoms with Crippen molar-refractivity contribution in [1.29, 1.82) is 0 Å². The average Bonchev–Trinajstić information content (AvgIpc) is 2.98. The molecule has 0 radical (unpaired) electrons. The van der Waals surface area contributed by atoms with E-state index in [1.165, 1.54) is 19.3 Å². The molecule has 0 spiro atoms. The van der Waals surface area contributed by atoms with Gasteiger partial charge in [0.1, 0.15) is 11.4 Å². The third-order valence-electron chi connectivity index (χ3n) is 4.45. The maximum atomic E-state index is 5.41. The van der Waals surface area contributed by atoms with Gasteiger partial charge < -0.3 is 9.73 Å². The van der Waals surface area contributed by atoms with Crippen molar-refractivity contribution < 1.29 is 4.42 Å². The Kier molecular flexibility index (Phi) is 2.98. The second-order valence-electron chi connectivity index (χ2n) is 5.35. The molecule has 0 bridgehead atoms. The van der Waals surface area contributed by atoms with Crippen molar-refractivity contribution in [2.45, 2.75) is 39.2 Å². The van der Waals surface area contributed by atoms with Crippen LogP contribution < -0.4 is 5.32 Å². The average molecular weight is 244 g/mol. The van der Waals surface area contributed by atoms with Gasteiger partial charge >= 0.3 is 0 Å². The Hall–Kier alpha value is -1.51. The third-order valence-corrected chi connectivity index (χ3v) is 4.45. The van der Waals surface area contributed by atoms with Crippen molar-refractivity contribution in [2.24, 2.45) is 11.8 Å². The van der Waals surface area contributed by atoms with Gasteiger partial charge in [-0.25, -0.2) is 4.98 Å². The fourth-order valence-electron chi connectivity index (χ4n) is 3.21. The van der Waals surface area contributed by atoms with Gasteiger partial charge in [-0.1, -0.05) is 20.3 Å². The number of hydrogen-bond donors (Lipinski definition) is 1. The van der Waals surface area contributed by atoms with Gasteiger partial charge in [-0.2, -0.15) is 0 Å². The predicted octanol–water partition coefficient (Wildman–Crippen LogP) is 4.06. The lowest BCUT2D eigenvalue weighted by molar-refractivity contribution is 0.391. The van der Waals surface area contributed by atoms with Gasteiger partial charge in [0.2, 0.25) is 0 Å². The molecule has 2 aromatic rings. The van der Waals surface area contributed by atoms with Crippen LogP contribution in [0.4, 0.5) is 5.82 Å². The normalized spacial score (nSPS) is 27.8. The molecule has 1 aliphatic rings. The summed E-state index contributed by atoms with van der Waals surface area (Å²) < 4.78 is 5.41.